The first-order valence-corrected chi connectivity index (χ1v) is 9.00. The average Bonchev–Trinajstić information content (AvgIpc) is 2.93. The SMILES string of the molecule is Cc1cc(C)nc(NNC(=O)Cc2c(C)nn(-c3ccc(C(F)(F)F)cn3)c2C)n1. The highest BCUT2D eigenvalue weighted by Crippen LogP contribution is 2.29. The highest BCUT2D eigenvalue weighted by molar-refractivity contribution is 5.80. The van der Waals surface area contributed by atoms with E-state index in [0.717, 1.165) is 23.7 Å². The summed E-state index contributed by atoms with van der Waals surface area (Å²) in [5.74, 6) is 0.167. The fourth-order valence-electron chi connectivity index (χ4n) is 2.95. The molecule has 0 saturated carbocycles. The molecule has 30 heavy (non-hydrogen) atoms. The standard InChI is InChI=1S/C19H20F3N7O/c1-10-7-11(2)25-18(24-10)27-26-17(30)8-15-12(3)28-29(13(15)4)16-6-5-14(9-23-16)19(20,21)22/h5-7,9H,8H2,1-4H3,(H,26,30)(H,24,25,27). The van der Waals surface area contributed by atoms with Crippen LogP contribution >= 0.6 is 0 Å². The number of hydrogen-bond acceptors (Lipinski definition) is 6. The number of nitrogens with one attached hydrogen (secondary N) is 2. The van der Waals surface area contributed by atoms with Crippen LogP contribution in [0.1, 0.15) is 33.9 Å². The molecule has 1 amide bonds. The van der Waals surface area contributed by atoms with Gasteiger partial charge in [0.1, 0.15) is 0 Å². The molecule has 0 unspecified atom stereocenters. The maximum absolute atomic E-state index is 12.7. The summed E-state index contributed by atoms with van der Waals surface area (Å²) in [5.41, 5.74) is 7.73. The summed E-state index contributed by atoms with van der Waals surface area (Å²) < 4.78 is 39.6. The second-order valence-electron chi connectivity index (χ2n) is 6.79. The van der Waals surface area contributed by atoms with Crippen molar-refractivity contribution in [3.05, 3.63) is 58.3 Å². The number of hydrogen-bond donors (Lipinski definition) is 2. The van der Waals surface area contributed by atoms with Crippen molar-refractivity contribution in [2.75, 3.05) is 5.43 Å². The zero-order chi connectivity index (χ0) is 22.1. The minimum atomic E-state index is -4.46. The Balaban J connectivity index is 1.73. The van der Waals surface area contributed by atoms with Crippen LogP contribution in [0.4, 0.5) is 19.1 Å². The molecule has 0 aliphatic heterocycles. The summed E-state index contributed by atoms with van der Waals surface area (Å²) in [5, 5.41) is 4.31. The second kappa shape index (κ2) is 8.09. The molecule has 3 aromatic rings. The average molecular weight is 419 g/mol. The molecule has 3 heterocycles. The van der Waals surface area contributed by atoms with Crippen molar-refractivity contribution in [1.29, 1.82) is 0 Å². The number of anilines is 1. The molecule has 2 N–H and O–H groups in total. The summed E-state index contributed by atoms with van der Waals surface area (Å²) in [6.45, 7) is 7.08. The van der Waals surface area contributed by atoms with Crippen LogP contribution in [-0.2, 0) is 17.4 Å². The third-order valence-corrected chi connectivity index (χ3v) is 4.37. The number of carbonyl (C=O) groups excluding carboxylic acids is 1. The van der Waals surface area contributed by atoms with E-state index in [1.165, 1.54) is 10.7 Å². The molecular formula is C19H20F3N7O. The predicted molar refractivity (Wildman–Crippen MR) is 103 cm³/mol. The third-order valence-electron chi connectivity index (χ3n) is 4.37. The number of aryl methyl sites for hydroxylation is 3. The maximum Gasteiger partial charge on any atom is 0.417 e. The minimum absolute atomic E-state index is 0.0100. The van der Waals surface area contributed by atoms with Gasteiger partial charge in [0, 0.05) is 28.8 Å². The molecule has 0 fully saturated rings. The largest absolute Gasteiger partial charge is 0.417 e. The third kappa shape index (κ3) is 4.73. The molecule has 0 radical (unpaired) electrons. The molecule has 0 aliphatic rings. The molecule has 158 valence electrons. The van der Waals surface area contributed by atoms with Crippen LogP contribution in [0.25, 0.3) is 5.82 Å². The lowest BCUT2D eigenvalue weighted by atomic mass is 10.1. The highest BCUT2D eigenvalue weighted by atomic mass is 19.4. The Morgan fingerprint density at radius 3 is 2.33 bits per heavy atom. The molecule has 3 rings (SSSR count). The van der Waals surface area contributed by atoms with E-state index in [9.17, 15) is 18.0 Å². The van der Waals surface area contributed by atoms with E-state index in [4.69, 9.17) is 0 Å². The second-order valence-corrected chi connectivity index (χ2v) is 6.79. The van der Waals surface area contributed by atoms with Crippen LogP contribution in [0.5, 0.6) is 0 Å². The van der Waals surface area contributed by atoms with Gasteiger partial charge in [-0.1, -0.05) is 0 Å². The quantitative estimate of drug-likeness (QED) is 0.617. The van der Waals surface area contributed by atoms with Crippen molar-refractivity contribution in [3.8, 4) is 5.82 Å². The van der Waals surface area contributed by atoms with E-state index >= 15 is 0 Å². The highest BCUT2D eigenvalue weighted by Gasteiger charge is 2.30. The van der Waals surface area contributed by atoms with Crippen LogP contribution in [-0.4, -0.2) is 30.6 Å². The van der Waals surface area contributed by atoms with Crippen molar-refractivity contribution in [3.63, 3.8) is 0 Å². The van der Waals surface area contributed by atoms with Gasteiger partial charge in [0.25, 0.3) is 0 Å². The summed E-state index contributed by atoms with van der Waals surface area (Å²) in [7, 11) is 0. The zero-order valence-electron chi connectivity index (χ0n) is 16.8. The molecule has 11 heteroatoms. The molecule has 0 atom stereocenters. The number of rotatable bonds is 5. The van der Waals surface area contributed by atoms with Gasteiger partial charge in [0.05, 0.1) is 17.7 Å². The first-order chi connectivity index (χ1) is 14.0. The Hall–Kier alpha value is -3.50. The van der Waals surface area contributed by atoms with E-state index in [2.05, 4.69) is 30.9 Å². The Bertz CT molecular complexity index is 1050. The zero-order valence-corrected chi connectivity index (χ0v) is 16.8. The number of amides is 1. The van der Waals surface area contributed by atoms with Gasteiger partial charge in [-0.25, -0.2) is 19.6 Å². The van der Waals surface area contributed by atoms with Gasteiger partial charge in [-0.2, -0.15) is 18.3 Å². The first kappa shape index (κ1) is 21.2. The number of carbonyl (C=O) groups is 1. The van der Waals surface area contributed by atoms with Gasteiger partial charge < -0.3 is 0 Å². The molecule has 0 bridgehead atoms. The maximum atomic E-state index is 12.7. The molecular weight excluding hydrogens is 399 g/mol. The minimum Gasteiger partial charge on any atom is -0.273 e. The van der Waals surface area contributed by atoms with E-state index in [1.807, 2.05) is 19.9 Å². The van der Waals surface area contributed by atoms with E-state index in [0.29, 0.717) is 17.0 Å². The Morgan fingerprint density at radius 1 is 1.10 bits per heavy atom. The molecule has 0 aliphatic carbocycles. The summed E-state index contributed by atoms with van der Waals surface area (Å²) in [4.78, 5) is 24.6. The van der Waals surface area contributed by atoms with Gasteiger partial charge in [0.15, 0.2) is 5.82 Å². The van der Waals surface area contributed by atoms with Crippen LogP contribution in [0.2, 0.25) is 0 Å². The molecule has 3 aromatic heterocycles. The number of halogens is 3. The van der Waals surface area contributed by atoms with Crippen molar-refractivity contribution in [1.82, 2.24) is 30.2 Å². The molecule has 0 saturated heterocycles. The van der Waals surface area contributed by atoms with Crippen LogP contribution in [0, 0.1) is 27.7 Å². The van der Waals surface area contributed by atoms with Crippen molar-refractivity contribution in [2.24, 2.45) is 0 Å². The number of alkyl halides is 3. The van der Waals surface area contributed by atoms with E-state index in [1.54, 1.807) is 13.8 Å². The number of pyridine rings is 1. The fourth-order valence-corrected chi connectivity index (χ4v) is 2.95. The van der Waals surface area contributed by atoms with Gasteiger partial charge in [-0.05, 0) is 45.9 Å². The van der Waals surface area contributed by atoms with Gasteiger partial charge >= 0.3 is 6.18 Å². The van der Waals surface area contributed by atoms with Crippen molar-refractivity contribution < 1.29 is 18.0 Å². The fraction of sp³-hybridized carbons (Fsp3) is 0.316. The lowest BCUT2D eigenvalue weighted by Gasteiger charge is -2.09. The number of hydrazine groups is 1. The van der Waals surface area contributed by atoms with E-state index < -0.39 is 11.7 Å². The number of nitrogens with zero attached hydrogens (tertiary/aromatic N) is 5. The number of aromatic nitrogens is 5. The molecule has 8 nitrogen and oxygen atoms in total. The summed E-state index contributed by atoms with van der Waals surface area (Å²) in [6.07, 6.45) is -3.70. The first-order valence-electron chi connectivity index (χ1n) is 9.00. The molecule has 0 aromatic carbocycles. The van der Waals surface area contributed by atoms with Crippen LogP contribution in [0.3, 0.4) is 0 Å². The Labute approximate surface area is 170 Å². The topological polar surface area (TPSA) is 97.6 Å². The van der Waals surface area contributed by atoms with Gasteiger partial charge in [0.2, 0.25) is 11.9 Å². The lowest BCUT2D eigenvalue weighted by molar-refractivity contribution is -0.137. The summed E-state index contributed by atoms with van der Waals surface area (Å²) >= 11 is 0. The Kier molecular flexibility index (Phi) is 5.72. The lowest BCUT2D eigenvalue weighted by Crippen LogP contribution is -2.32. The van der Waals surface area contributed by atoms with Gasteiger partial charge in [-0.15, -0.1) is 0 Å². The van der Waals surface area contributed by atoms with Crippen LogP contribution in [0.15, 0.2) is 24.4 Å². The van der Waals surface area contributed by atoms with E-state index in [-0.39, 0.29) is 24.1 Å². The predicted octanol–water partition coefficient (Wildman–Crippen LogP) is 3.00. The molecule has 0 spiro atoms. The van der Waals surface area contributed by atoms with Crippen molar-refractivity contribution >= 4 is 11.9 Å². The monoisotopic (exact) mass is 419 g/mol. The Morgan fingerprint density at radius 2 is 1.77 bits per heavy atom. The van der Waals surface area contributed by atoms with Crippen molar-refractivity contribution in [2.45, 2.75) is 40.3 Å². The van der Waals surface area contributed by atoms with Crippen LogP contribution < -0.4 is 10.9 Å². The van der Waals surface area contributed by atoms with Gasteiger partial charge in [-0.3, -0.25) is 15.6 Å². The smallest absolute Gasteiger partial charge is 0.273 e. The normalized spacial score (nSPS) is 11.4. The summed E-state index contributed by atoms with van der Waals surface area (Å²) in [6, 6.07) is 3.99.